The molecule has 2 aliphatic carbocycles. The van der Waals surface area contributed by atoms with Gasteiger partial charge in [-0.2, -0.15) is 0 Å². The first-order chi connectivity index (χ1) is 28.3. The molecular weight excluding hydrogens is 971 g/mol. The molecular formula is C58H86Cl2Si4Zr. The smallest absolute Gasteiger partial charge is 1.00 e. The van der Waals surface area contributed by atoms with Crippen molar-refractivity contribution in [2.75, 3.05) is 0 Å². The van der Waals surface area contributed by atoms with E-state index in [-0.39, 0.29) is 46.5 Å². The van der Waals surface area contributed by atoms with Crippen molar-refractivity contribution in [3.63, 3.8) is 0 Å². The Morgan fingerprint density at radius 2 is 0.569 bits per heavy atom. The van der Waals surface area contributed by atoms with Crippen LogP contribution in [0.1, 0.15) is 146 Å². The molecule has 4 aromatic carbocycles. The second-order valence-corrected chi connectivity index (χ2v) is 51.7. The molecule has 0 amide bonds. The molecule has 4 aromatic rings. The fraction of sp³-hybridized carbons (Fsp3) is 0.517. The molecule has 2 atom stereocenters. The molecule has 0 aromatic heterocycles. The maximum absolute atomic E-state index is 2.81. The van der Waals surface area contributed by atoms with Crippen LogP contribution in [0.15, 0.2) is 60.7 Å². The number of benzene rings is 4. The number of fused-ring (bicyclic) bond motifs is 2. The largest absolute Gasteiger partial charge is 1.00 e. The SMILES string of the molecule is CC(C)(C)c1cc(C2=Cc3cc([Si](C)(C)C)c([Si](C)(C)C)cc3[CH]2[Zr+2][CH]2C(c3cc(C(C)(C)C)cc(C(C)(C)C)c3)=Cc3cc([Si](C)(C)C)c([Si](C)(C)C)cc32)cc(C(C)(C)C)c1.[Cl-].[Cl-]. The van der Waals surface area contributed by atoms with E-state index in [1.54, 1.807) is 43.0 Å². The summed E-state index contributed by atoms with van der Waals surface area (Å²) >= 11 is -1.36. The Hall–Kier alpha value is -1.31. The second-order valence-electron chi connectivity index (χ2n) is 27.9. The van der Waals surface area contributed by atoms with Gasteiger partial charge in [0.25, 0.3) is 0 Å². The normalized spacial score (nSPS) is 17.1. The summed E-state index contributed by atoms with van der Waals surface area (Å²) in [4.78, 5) is 0. The minimum Gasteiger partial charge on any atom is -1.00 e. The van der Waals surface area contributed by atoms with E-state index in [1.807, 2.05) is 0 Å². The molecule has 0 heterocycles. The molecule has 0 aliphatic heterocycles. The van der Waals surface area contributed by atoms with E-state index < -0.39 is 55.5 Å². The van der Waals surface area contributed by atoms with Crippen LogP contribution in [0.25, 0.3) is 23.3 Å². The van der Waals surface area contributed by atoms with E-state index in [0.29, 0.717) is 7.25 Å². The molecule has 7 heteroatoms. The van der Waals surface area contributed by atoms with Crippen molar-refractivity contribution in [1.29, 1.82) is 0 Å². The van der Waals surface area contributed by atoms with Gasteiger partial charge in [-0.3, -0.25) is 0 Å². The summed E-state index contributed by atoms with van der Waals surface area (Å²) in [7, 11) is -6.60. The van der Waals surface area contributed by atoms with Gasteiger partial charge in [0.2, 0.25) is 0 Å². The molecule has 0 fully saturated rings. The van der Waals surface area contributed by atoms with E-state index >= 15 is 0 Å². The van der Waals surface area contributed by atoms with Crippen LogP contribution >= 0.6 is 0 Å². The molecule has 6 rings (SSSR count). The minimum absolute atomic E-state index is 0. The van der Waals surface area contributed by atoms with Gasteiger partial charge in [0.15, 0.2) is 0 Å². The van der Waals surface area contributed by atoms with Crippen molar-refractivity contribution >= 4 is 76.3 Å². The quantitative estimate of drug-likeness (QED) is 0.155. The van der Waals surface area contributed by atoms with Gasteiger partial charge in [0.1, 0.15) is 0 Å². The van der Waals surface area contributed by atoms with Gasteiger partial charge in [0.05, 0.1) is 0 Å². The third-order valence-electron chi connectivity index (χ3n) is 13.9. The van der Waals surface area contributed by atoms with Gasteiger partial charge in [-0.05, 0) is 0 Å². The standard InChI is InChI=1S/2C29H43Si2.2ClH.Zr/c2*1-28(2,3)24-15-23(16-25(19-24)29(4,5)6)20-13-21-17-26(30(7,8)9)27(31(10,11)12)18-22(21)14-20;;;/h2*13-19H,1-12H3;2*1H;/q;;;;+2/p-2. The molecule has 0 nitrogen and oxygen atoms in total. The molecule has 352 valence electrons. The summed E-state index contributed by atoms with van der Waals surface area (Å²) in [6.45, 7) is 59.8. The van der Waals surface area contributed by atoms with Crippen LogP contribution in [0.5, 0.6) is 0 Å². The third-order valence-corrected chi connectivity index (χ3v) is 27.2. The zero-order chi connectivity index (χ0) is 47.6. The fourth-order valence-corrected chi connectivity index (χ4v) is 25.1. The molecule has 65 heavy (non-hydrogen) atoms. The second kappa shape index (κ2) is 18.5. The average molecular weight is 1060 g/mol. The van der Waals surface area contributed by atoms with Crippen molar-refractivity contribution < 1.29 is 48.0 Å². The van der Waals surface area contributed by atoms with E-state index in [0.717, 1.165) is 0 Å². The minimum atomic E-state index is -1.67. The van der Waals surface area contributed by atoms with Crippen LogP contribution in [0.3, 0.4) is 0 Å². The monoisotopic (exact) mass is 1050 g/mol. The Kier molecular flexibility index (Phi) is 16.0. The summed E-state index contributed by atoms with van der Waals surface area (Å²) in [6.07, 6.45) is 5.40. The Bertz CT molecular complexity index is 2260. The van der Waals surface area contributed by atoms with Crippen LogP contribution < -0.4 is 45.6 Å². The molecule has 2 aliphatic rings. The summed E-state index contributed by atoms with van der Waals surface area (Å²) in [5.74, 6) is 0. The molecule has 0 bridgehead atoms. The van der Waals surface area contributed by atoms with Gasteiger partial charge in [-0.1, -0.05) is 0 Å². The molecule has 0 saturated carbocycles. The number of rotatable bonds is 8. The molecule has 0 spiro atoms. The predicted molar refractivity (Wildman–Crippen MR) is 294 cm³/mol. The Balaban J connectivity index is 0.00000462. The maximum Gasteiger partial charge on any atom is -1.00 e. The molecule has 0 radical (unpaired) electrons. The molecule has 2 unspecified atom stereocenters. The first kappa shape index (κ1) is 56.3. The van der Waals surface area contributed by atoms with Crippen LogP contribution in [-0.4, -0.2) is 32.3 Å². The van der Waals surface area contributed by atoms with Gasteiger partial charge in [-0.15, -0.1) is 0 Å². The van der Waals surface area contributed by atoms with Crippen molar-refractivity contribution in [3.8, 4) is 0 Å². The maximum atomic E-state index is 2.81. The molecule has 0 saturated heterocycles. The Morgan fingerprint density at radius 3 is 0.785 bits per heavy atom. The van der Waals surface area contributed by atoms with Gasteiger partial charge >= 0.3 is 406 Å². The van der Waals surface area contributed by atoms with Gasteiger partial charge < -0.3 is 24.8 Å². The van der Waals surface area contributed by atoms with E-state index in [2.05, 4.69) is 234 Å². The predicted octanol–water partition coefficient (Wildman–Crippen LogP) is 9.04. The Morgan fingerprint density at radius 1 is 0.338 bits per heavy atom. The van der Waals surface area contributed by atoms with E-state index in [9.17, 15) is 0 Å². The number of hydrogen-bond acceptors (Lipinski definition) is 0. The van der Waals surface area contributed by atoms with E-state index in [4.69, 9.17) is 0 Å². The van der Waals surface area contributed by atoms with Gasteiger partial charge in [-0.25, -0.2) is 0 Å². The number of allylic oxidation sites excluding steroid dienone is 2. The van der Waals surface area contributed by atoms with Crippen LogP contribution in [-0.2, 0) is 44.9 Å². The van der Waals surface area contributed by atoms with Crippen molar-refractivity contribution in [1.82, 2.24) is 0 Å². The first-order valence-electron chi connectivity index (χ1n) is 24.2. The average Bonchev–Trinajstić information content (AvgIpc) is 3.65. The fourth-order valence-electron chi connectivity index (χ4n) is 9.68. The summed E-state index contributed by atoms with van der Waals surface area (Å²) in [5.41, 5.74) is 18.5. The van der Waals surface area contributed by atoms with Crippen LogP contribution in [0, 0.1) is 0 Å². The van der Waals surface area contributed by atoms with Crippen molar-refractivity contribution in [2.24, 2.45) is 0 Å². The third kappa shape index (κ3) is 12.0. The number of hydrogen-bond donors (Lipinski definition) is 0. The van der Waals surface area contributed by atoms with Crippen molar-refractivity contribution in [2.45, 2.75) is 191 Å². The first-order valence-corrected chi connectivity index (χ1v) is 41.0. The van der Waals surface area contributed by atoms with Crippen molar-refractivity contribution in [3.05, 3.63) is 116 Å². The summed E-state index contributed by atoms with van der Waals surface area (Å²) in [5, 5.41) is 6.82. The van der Waals surface area contributed by atoms with Crippen LogP contribution in [0.2, 0.25) is 78.6 Å². The van der Waals surface area contributed by atoms with E-state index in [1.165, 1.54) is 44.5 Å². The zero-order valence-electron chi connectivity index (χ0n) is 45.3. The Labute approximate surface area is 427 Å². The van der Waals surface area contributed by atoms with Gasteiger partial charge in [0, 0.05) is 0 Å². The number of halogens is 2. The topological polar surface area (TPSA) is 0 Å². The molecule has 0 N–H and O–H groups in total. The summed E-state index contributed by atoms with van der Waals surface area (Å²) < 4.78 is 0.883. The summed E-state index contributed by atoms with van der Waals surface area (Å²) in [6, 6.07) is 26.5. The van der Waals surface area contributed by atoms with Crippen LogP contribution in [0.4, 0.5) is 0 Å². The zero-order valence-corrected chi connectivity index (χ0v) is 53.3.